The zero-order chi connectivity index (χ0) is 17.4. The number of esters is 2. The second-order valence-corrected chi connectivity index (χ2v) is 7.01. The highest BCUT2D eigenvalue weighted by Crippen LogP contribution is 2.47. The fourth-order valence-corrected chi connectivity index (χ4v) is 3.87. The minimum atomic E-state index is -1.30. The van der Waals surface area contributed by atoms with Gasteiger partial charge in [-0.2, -0.15) is 0 Å². The van der Waals surface area contributed by atoms with Crippen molar-refractivity contribution in [2.45, 2.75) is 58.4 Å². The highest BCUT2D eigenvalue weighted by atomic mass is 16.5. The number of methoxy groups -OCH3 is 2. The van der Waals surface area contributed by atoms with Crippen LogP contribution in [-0.4, -0.2) is 42.1 Å². The lowest BCUT2D eigenvalue weighted by molar-refractivity contribution is -0.536. The summed E-state index contributed by atoms with van der Waals surface area (Å²) in [5, 5.41) is 12.3. The molecule has 2 aliphatic rings. The van der Waals surface area contributed by atoms with Gasteiger partial charge in [-0.3, -0.25) is 9.59 Å². The van der Waals surface area contributed by atoms with Gasteiger partial charge < -0.3 is 14.7 Å². The van der Waals surface area contributed by atoms with Crippen LogP contribution in [0.1, 0.15) is 52.9 Å². The van der Waals surface area contributed by atoms with Crippen LogP contribution in [0.4, 0.5) is 0 Å². The van der Waals surface area contributed by atoms with Crippen molar-refractivity contribution >= 4 is 17.7 Å². The molecule has 128 valence electrons. The van der Waals surface area contributed by atoms with Crippen molar-refractivity contribution in [3.8, 4) is 0 Å². The summed E-state index contributed by atoms with van der Waals surface area (Å²) in [5.74, 6) is -1.14. The van der Waals surface area contributed by atoms with Crippen LogP contribution in [0.5, 0.6) is 0 Å². The third kappa shape index (κ3) is 2.75. The molecule has 0 aromatic rings. The van der Waals surface area contributed by atoms with E-state index in [2.05, 4.69) is 0 Å². The van der Waals surface area contributed by atoms with Crippen LogP contribution in [0, 0.1) is 10.6 Å². The monoisotopic (exact) mass is 323 g/mol. The molecule has 1 aliphatic heterocycles. The van der Waals surface area contributed by atoms with Crippen molar-refractivity contribution in [3.63, 3.8) is 0 Å². The zero-order valence-corrected chi connectivity index (χ0v) is 14.5. The average molecular weight is 323 g/mol. The number of hydrogen-bond acceptors (Lipinski definition) is 5. The predicted molar refractivity (Wildman–Crippen MR) is 85.0 cm³/mol. The Kier molecular flexibility index (Phi) is 4.55. The van der Waals surface area contributed by atoms with Crippen LogP contribution in [0.2, 0.25) is 0 Å². The maximum atomic E-state index is 12.3. The van der Waals surface area contributed by atoms with Crippen LogP contribution in [0.3, 0.4) is 0 Å². The second-order valence-electron chi connectivity index (χ2n) is 7.01. The third-order valence-corrected chi connectivity index (χ3v) is 5.29. The van der Waals surface area contributed by atoms with E-state index in [-0.39, 0.29) is 6.42 Å². The smallest absolute Gasteiger partial charge is 0.323 e. The number of ether oxygens (including phenoxy) is 2. The Morgan fingerprint density at radius 2 is 1.74 bits per heavy atom. The largest absolute Gasteiger partial charge is 0.623 e. The molecule has 0 aromatic carbocycles. The molecule has 0 bridgehead atoms. The Morgan fingerprint density at radius 1 is 1.17 bits per heavy atom. The summed E-state index contributed by atoms with van der Waals surface area (Å²) in [5.41, 5.74) is 0.975. The molecule has 23 heavy (non-hydrogen) atoms. The van der Waals surface area contributed by atoms with Gasteiger partial charge in [0.15, 0.2) is 16.7 Å². The summed E-state index contributed by atoms with van der Waals surface area (Å²) >= 11 is 0. The van der Waals surface area contributed by atoms with E-state index in [1.54, 1.807) is 0 Å². The highest BCUT2D eigenvalue weighted by molar-refractivity contribution is 6.01. The first-order valence-electron chi connectivity index (χ1n) is 7.84. The average Bonchev–Trinajstić information content (AvgIpc) is 2.99. The molecular weight excluding hydrogens is 298 g/mol. The van der Waals surface area contributed by atoms with Gasteiger partial charge in [0.25, 0.3) is 0 Å². The Bertz CT molecular complexity index is 588. The second kappa shape index (κ2) is 5.98. The number of carbonyl (C=O) groups excluding carboxylic acids is 2. The summed E-state index contributed by atoms with van der Waals surface area (Å²) in [7, 11) is 2.55. The molecule has 0 fully saturated rings. The summed E-state index contributed by atoms with van der Waals surface area (Å²) in [6.45, 7) is 5.70. The molecule has 0 amide bonds. The van der Waals surface area contributed by atoms with Crippen molar-refractivity contribution in [1.29, 1.82) is 0 Å². The lowest BCUT2D eigenvalue weighted by Crippen LogP contribution is -2.40. The van der Waals surface area contributed by atoms with Crippen molar-refractivity contribution in [2.24, 2.45) is 5.41 Å². The number of carbonyl (C=O) groups is 2. The minimum absolute atomic E-state index is 0.265. The lowest BCUT2D eigenvalue weighted by Gasteiger charge is -2.26. The first kappa shape index (κ1) is 17.5. The number of hydrogen-bond donors (Lipinski definition) is 0. The molecule has 6 heteroatoms. The normalized spacial score (nSPS) is 26.7. The Balaban J connectivity index is 2.27. The number of rotatable bonds is 4. The van der Waals surface area contributed by atoms with Gasteiger partial charge in [-0.1, -0.05) is 11.1 Å². The summed E-state index contributed by atoms with van der Waals surface area (Å²) < 4.78 is 10.8. The molecule has 0 N–H and O–H groups in total. The topological polar surface area (TPSA) is 78.7 Å². The van der Waals surface area contributed by atoms with Gasteiger partial charge in [0.1, 0.15) is 0 Å². The van der Waals surface area contributed by atoms with Crippen molar-refractivity contribution in [2.75, 3.05) is 14.2 Å². The van der Waals surface area contributed by atoms with Gasteiger partial charge in [-0.25, -0.2) is 4.74 Å². The predicted octanol–water partition coefficient (Wildman–Crippen LogP) is 2.34. The Labute approximate surface area is 136 Å². The molecular formula is C17H25NO5. The maximum Gasteiger partial charge on any atom is 0.323 e. The number of nitrogens with zero attached hydrogens (tertiary/aromatic N) is 1. The van der Waals surface area contributed by atoms with E-state index in [9.17, 15) is 14.8 Å². The van der Waals surface area contributed by atoms with E-state index < -0.39 is 22.9 Å². The van der Waals surface area contributed by atoms with E-state index in [0.717, 1.165) is 34.4 Å². The van der Waals surface area contributed by atoms with E-state index >= 15 is 0 Å². The summed E-state index contributed by atoms with van der Waals surface area (Å²) in [6.07, 6.45) is 2.67. The Morgan fingerprint density at radius 3 is 2.17 bits per heavy atom. The highest BCUT2D eigenvalue weighted by Gasteiger charge is 2.54. The van der Waals surface area contributed by atoms with Gasteiger partial charge in [0.2, 0.25) is 0 Å². The molecule has 6 nitrogen and oxygen atoms in total. The van der Waals surface area contributed by atoms with E-state index in [0.29, 0.717) is 12.8 Å². The van der Waals surface area contributed by atoms with Gasteiger partial charge >= 0.3 is 11.9 Å². The summed E-state index contributed by atoms with van der Waals surface area (Å²) in [4.78, 5) is 24.5. The molecule has 1 atom stereocenters. The Hall–Kier alpha value is -1.85. The van der Waals surface area contributed by atoms with Crippen molar-refractivity contribution in [3.05, 3.63) is 16.4 Å². The maximum absolute atomic E-state index is 12.3. The van der Waals surface area contributed by atoms with E-state index in [1.165, 1.54) is 14.2 Å². The van der Waals surface area contributed by atoms with Crippen LogP contribution < -0.4 is 0 Å². The van der Waals surface area contributed by atoms with Gasteiger partial charge in [-0.15, -0.1) is 0 Å². The summed E-state index contributed by atoms with van der Waals surface area (Å²) in [6, 6.07) is 0. The SMILES string of the molecule is COC(=O)C1(C(=O)OC)CC(C)=C(CC2(C)CCC(C)=[N+]2[O-])C1. The fourth-order valence-electron chi connectivity index (χ4n) is 3.87. The minimum Gasteiger partial charge on any atom is -0.623 e. The quantitative estimate of drug-likeness (QED) is 0.261. The molecule has 0 saturated carbocycles. The first-order chi connectivity index (χ1) is 10.7. The molecule has 1 heterocycles. The molecule has 0 spiro atoms. The van der Waals surface area contributed by atoms with Crippen LogP contribution in [0.25, 0.3) is 0 Å². The molecule has 1 aliphatic carbocycles. The van der Waals surface area contributed by atoms with E-state index in [4.69, 9.17) is 9.47 Å². The number of hydroxylamine groups is 1. The zero-order valence-electron chi connectivity index (χ0n) is 14.5. The van der Waals surface area contributed by atoms with E-state index in [1.807, 2.05) is 20.8 Å². The van der Waals surface area contributed by atoms with Gasteiger partial charge in [0.05, 0.1) is 14.2 Å². The molecule has 0 radical (unpaired) electrons. The van der Waals surface area contributed by atoms with Crippen LogP contribution >= 0.6 is 0 Å². The third-order valence-electron chi connectivity index (χ3n) is 5.29. The molecule has 2 rings (SSSR count). The van der Waals surface area contributed by atoms with Crippen molar-refractivity contribution < 1.29 is 23.8 Å². The lowest BCUT2D eigenvalue weighted by atomic mass is 9.82. The number of allylic oxidation sites excluding steroid dienone is 1. The van der Waals surface area contributed by atoms with Gasteiger partial charge in [0, 0.05) is 33.1 Å². The van der Waals surface area contributed by atoms with Crippen LogP contribution in [-0.2, 0) is 19.1 Å². The van der Waals surface area contributed by atoms with Crippen LogP contribution in [0.15, 0.2) is 11.1 Å². The van der Waals surface area contributed by atoms with Gasteiger partial charge in [-0.05, 0) is 19.8 Å². The van der Waals surface area contributed by atoms with Crippen molar-refractivity contribution in [1.82, 2.24) is 0 Å². The fraction of sp³-hybridized carbons (Fsp3) is 0.706. The first-order valence-corrected chi connectivity index (χ1v) is 7.84. The molecule has 0 saturated heterocycles. The standard InChI is InChI=1S/C17H25NO5/c1-11-8-17(14(19)22-4,15(20)23-5)10-13(11)9-16(3)7-6-12(2)18(16)21/h6-10H2,1-5H3. The molecule has 1 unspecified atom stereocenters. The molecule has 0 aromatic heterocycles.